The molecule has 2 rings (SSSR count). The van der Waals surface area contributed by atoms with Crippen molar-refractivity contribution in [3.63, 3.8) is 0 Å². The van der Waals surface area contributed by atoms with Gasteiger partial charge in [0.2, 0.25) is 0 Å². The molecule has 1 unspecified atom stereocenters. The van der Waals surface area contributed by atoms with Gasteiger partial charge < -0.3 is 20.3 Å². The number of carboxylic acid groups (broad SMARTS) is 1. The average Bonchev–Trinajstić information content (AvgIpc) is 2.89. The molecule has 5 heteroatoms. The zero-order valence-corrected chi connectivity index (χ0v) is 10.8. The summed E-state index contributed by atoms with van der Waals surface area (Å²) < 4.78 is 11.1. The molecule has 104 valence electrons. The van der Waals surface area contributed by atoms with E-state index >= 15 is 0 Å². The van der Waals surface area contributed by atoms with E-state index in [0.717, 1.165) is 32.3 Å². The summed E-state index contributed by atoms with van der Waals surface area (Å²) in [6.45, 7) is 1.38. The summed E-state index contributed by atoms with van der Waals surface area (Å²) in [7, 11) is 0. The molecule has 1 aromatic carbocycles. The zero-order chi connectivity index (χ0) is 13.7. The van der Waals surface area contributed by atoms with Crippen molar-refractivity contribution >= 4 is 11.7 Å². The Balaban J connectivity index is 1.81. The largest absolute Gasteiger partial charge is 0.491 e. The lowest BCUT2D eigenvalue weighted by molar-refractivity contribution is 0.0696. The lowest BCUT2D eigenvalue weighted by Gasteiger charge is -2.11. The molecule has 1 aromatic rings. The van der Waals surface area contributed by atoms with Gasteiger partial charge in [-0.1, -0.05) is 0 Å². The molecule has 0 radical (unpaired) electrons. The van der Waals surface area contributed by atoms with Gasteiger partial charge in [0.05, 0.1) is 24.0 Å². The van der Waals surface area contributed by atoms with Gasteiger partial charge in [-0.15, -0.1) is 0 Å². The standard InChI is InChI=1S/C14H19NO4/c15-12-6-5-10(14(16)17)9-13(12)19-8-2-4-11-3-1-7-18-11/h5-6,9,11H,1-4,7-8,15H2,(H,16,17). The first kappa shape index (κ1) is 13.7. The lowest BCUT2D eigenvalue weighted by atomic mass is 10.1. The molecule has 0 spiro atoms. The fourth-order valence-corrected chi connectivity index (χ4v) is 2.16. The fourth-order valence-electron chi connectivity index (χ4n) is 2.16. The normalized spacial score (nSPS) is 18.4. The van der Waals surface area contributed by atoms with Crippen LogP contribution >= 0.6 is 0 Å². The first-order valence-electron chi connectivity index (χ1n) is 6.54. The van der Waals surface area contributed by atoms with Gasteiger partial charge in [-0.2, -0.15) is 0 Å². The maximum atomic E-state index is 10.9. The Kier molecular flexibility index (Phi) is 4.63. The Morgan fingerprint density at radius 2 is 2.37 bits per heavy atom. The minimum Gasteiger partial charge on any atom is -0.491 e. The van der Waals surface area contributed by atoms with E-state index < -0.39 is 5.97 Å². The van der Waals surface area contributed by atoms with Crippen molar-refractivity contribution in [3.05, 3.63) is 23.8 Å². The van der Waals surface area contributed by atoms with Crippen LogP contribution in [0.25, 0.3) is 0 Å². The highest BCUT2D eigenvalue weighted by molar-refractivity contribution is 5.89. The summed E-state index contributed by atoms with van der Waals surface area (Å²) in [5, 5.41) is 8.90. The quantitative estimate of drug-likeness (QED) is 0.609. The van der Waals surface area contributed by atoms with E-state index in [0.29, 0.717) is 24.1 Å². The Labute approximate surface area is 112 Å². The van der Waals surface area contributed by atoms with Crippen LogP contribution in [0.5, 0.6) is 5.75 Å². The molecule has 1 atom stereocenters. The molecule has 0 aromatic heterocycles. The maximum absolute atomic E-state index is 10.9. The first-order valence-corrected chi connectivity index (χ1v) is 6.54. The summed E-state index contributed by atoms with van der Waals surface area (Å²) >= 11 is 0. The zero-order valence-electron chi connectivity index (χ0n) is 10.8. The van der Waals surface area contributed by atoms with Gasteiger partial charge in [0.15, 0.2) is 0 Å². The van der Waals surface area contributed by atoms with E-state index in [-0.39, 0.29) is 5.56 Å². The first-order chi connectivity index (χ1) is 9.16. The van der Waals surface area contributed by atoms with E-state index in [4.69, 9.17) is 20.3 Å². The monoisotopic (exact) mass is 265 g/mol. The second kappa shape index (κ2) is 6.43. The van der Waals surface area contributed by atoms with Crippen molar-refractivity contribution in [2.45, 2.75) is 31.8 Å². The van der Waals surface area contributed by atoms with Gasteiger partial charge in [-0.05, 0) is 43.9 Å². The number of aromatic carboxylic acids is 1. The van der Waals surface area contributed by atoms with Gasteiger partial charge >= 0.3 is 5.97 Å². The molecule has 1 fully saturated rings. The molecular formula is C14H19NO4. The van der Waals surface area contributed by atoms with Gasteiger partial charge in [0.1, 0.15) is 5.75 Å². The molecule has 1 aliphatic heterocycles. The number of rotatable bonds is 6. The Morgan fingerprint density at radius 1 is 1.53 bits per heavy atom. The highest BCUT2D eigenvalue weighted by Gasteiger charge is 2.15. The van der Waals surface area contributed by atoms with E-state index in [1.165, 1.54) is 12.1 Å². The summed E-state index contributed by atoms with van der Waals surface area (Å²) in [5.74, 6) is -0.545. The van der Waals surface area contributed by atoms with Crippen LogP contribution in [0.2, 0.25) is 0 Å². The number of anilines is 1. The molecule has 19 heavy (non-hydrogen) atoms. The smallest absolute Gasteiger partial charge is 0.335 e. The van der Waals surface area contributed by atoms with E-state index in [1.807, 2.05) is 0 Å². The van der Waals surface area contributed by atoms with Crippen LogP contribution in [0.4, 0.5) is 5.69 Å². The Bertz CT molecular complexity index is 441. The predicted molar refractivity (Wildman–Crippen MR) is 71.5 cm³/mol. The predicted octanol–water partition coefficient (Wildman–Crippen LogP) is 2.31. The topological polar surface area (TPSA) is 81.8 Å². The average molecular weight is 265 g/mol. The summed E-state index contributed by atoms with van der Waals surface area (Å²) in [6, 6.07) is 4.49. The molecule has 0 saturated carbocycles. The number of hydrogen-bond acceptors (Lipinski definition) is 4. The second-order valence-electron chi connectivity index (χ2n) is 4.68. The Morgan fingerprint density at radius 3 is 3.05 bits per heavy atom. The van der Waals surface area contributed by atoms with Crippen LogP contribution in [0.3, 0.4) is 0 Å². The summed E-state index contributed by atoms with van der Waals surface area (Å²) in [5.41, 5.74) is 6.40. The number of nitrogens with two attached hydrogens (primary N) is 1. The van der Waals surface area contributed by atoms with Crippen molar-refractivity contribution in [2.24, 2.45) is 0 Å². The van der Waals surface area contributed by atoms with Gasteiger partial charge in [0, 0.05) is 6.61 Å². The third-order valence-corrected chi connectivity index (χ3v) is 3.21. The molecule has 3 N–H and O–H groups in total. The number of carboxylic acids is 1. The summed E-state index contributed by atoms with van der Waals surface area (Å²) in [4.78, 5) is 10.9. The molecule has 0 amide bonds. The van der Waals surface area contributed by atoms with Crippen molar-refractivity contribution in [1.29, 1.82) is 0 Å². The van der Waals surface area contributed by atoms with Crippen LogP contribution < -0.4 is 10.5 Å². The van der Waals surface area contributed by atoms with Crippen molar-refractivity contribution in [1.82, 2.24) is 0 Å². The minimum absolute atomic E-state index is 0.184. The molecule has 0 bridgehead atoms. The van der Waals surface area contributed by atoms with Crippen LogP contribution in [0.1, 0.15) is 36.0 Å². The molecule has 5 nitrogen and oxygen atoms in total. The Hall–Kier alpha value is -1.75. The van der Waals surface area contributed by atoms with Gasteiger partial charge in [-0.3, -0.25) is 0 Å². The van der Waals surface area contributed by atoms with E-state index in [9.17, 15) is 4.79 Å². The number of carbonyl (C=O) groups is 1. The van der Waals surface area contributed by atoms with Crippen LogP contribution in [-0.2, 0) is 4.74 Å². The molecule has 1 saturated heterocycles. The highest BCUT2D eigenvalue weighted by atomic mass is 16.5. The second-order valence-corrected chi connectivity index (χ2v) is 4.68. The lowest BCUT2D eigenvalue weighted by Crippen LogP contribution is -2.08. The van der Waals surface area contributed by atoms with Crippen LogP contribution in [-0.4, -0.2) is 30.4 Å². The third-order valence-electron chi connectivity index (χ3n) is 3.21. The van der Waals surface area contributed by atoms with Crippen LogP contribution in [0, 0.1) is 0 Å². The maximum Gasteiger partial charge on any atom is 0.335 e. The fraction of sp³-hybridized carbons (Fsp3) is 0.500. The van der Waals surface area contributed by atoms with Gasteiger partial charge in [-0.25, -0.2) is 4.79 Å². The molecular weight excluding hydrogens is 246 g/mol. The van der Waals surface area contributed by atoms with Crippen LogP contribution in [0.15, 0.2) is 18.2 Å². The van der Waals surface area contributed by atoms with Gasteiger partial charge in [0.25, 0.3) is 0 Å². The molecule has 1 aliphatic rings. The molecule has 1 heterocycles. The number of nitrogen functional groups attached to an aromatic ring is 1. The van der Waals surface area contributed by atoms with Crippen molar-refractivity contribution < 1.29 is 19.4 Å². The number of ether oxygens (including phenoxy) is 2. The third kappa shape index (κ3) is 3.86. The molecule has 0 aliphatic carbocycles. The van der Waals surface area contributed by atoms with E-state index in [1.54, 1.807) is 6.07 Å². The number of hydrogen-bond donors (Lipinski definition) is 2. The minimum atomic E-state index is -0.982. The van der Waals surface area contributed by atoms with Crippen molar-refractivity contribution in [3.8, 4) is 5.75 Å². The van der Waals surface area contributed by atoms with E-state index in [2.05, 4.69) is 0 Å². The summed E-state index contributed by atoms with van der Waals surface area (Å²) in [6.07, 6.45) is 4.46. The highest BCUT2D eigenvalue weighted by Crippen LogP contribution is 2.23. The van der Waals surface area contributed by atoms with Crippen molar-refractivity contribution in [2.75, 3.05) is 18.9 Å². The SMILES string of the molecule is Nc1ccc(C(=O)O)cc1OCCCC1CCCO1. The number of benzene rings is 1.